The molecule has 1 aliphatic heterocycles. The first-order valence-electron chi connectivity index (χ1n) is 7.80. The average Bonchev–Trinajstić information content (AvgIpc) is 2.50. The van der Waals surface area contributed by atoms with Crippen molar-refractivity contribution < 1.29 is 14.3 Å². The fraction of sp³-hybridized carbons (Fsp3) is 0.588. The van der Waals surface area contributed by atoms with E-state index in [2.05, 4.69) is 9.80 Å². The van der Waals surface area contributed by atoms with Crippen LogP contribution in [0.2, 0.25) is 0 Å². The van der Waals surface area contributed by atoms with E-state index in [-0.39, 0.29) is 5.97 Å². The summed E-state index contributed by atoms with van der Waals surface area (Å²) in [7, 11) is 1.72. The lowest BCUT2D eigenvalue weighted by molar-refractivity contribution is -0.136. The Balaban J connectivity index is 1.79. The molecule has 0 spiro atoms. The number of carbonyl (C=O) groups is 1. The number of carbonyl (C=O) groups excluding carboxylic acids is 1. The molecule has 0 aliphatic carbocycles. The highest BCUT2D eigenvalue weighted by molar-refractivity contribution is 5.75. The van der Waals surface area contributed by atoms with Gasteiger partial charge in [-0.3, -0.25) is 14.6 Å². The number of benzene rings is 1. The van der Waals surface area contributed by atoms with E-state index in [1.165, 1.54) is 0 Å². The maximum absolute atomic E-state index is 12.1. The van der Waals surface area contributed by atoms with E-state index in [1.807, 2.05) is 32.0 Å². The molecule has 22 heavy (non-hydrogen) atoms. The molecule has 5 nitrogen and oxygen atoms in total. The van der Waals surface area contributed by atoms with Crippen molar-refractivity contribution in [1.82, 2.24) is 9.80 Å². The van der Waals surface area contributed by atoms with E-state index in [0.717, 1.165) is 50.5 Å². The van der Waals surface area contributed by atoms with Crippen LogP contribution in [-0.2, 0) is 9.53 Å². The first kappa shape index (κ1) is 16.9. The second-order valence-electron chi connectivity index (χ2n) is 5.81. The predicted molar refractivity (Wildman–Crippen MR) is 86.3 cm³/mol. The summed E-state index contributed by atoms with van der Waals surface area (Å²) in [5.41, 5.74) is 2.00. The lowest BCUT2D eigenvalue weighted by atomic mass is 10.1. The van der Waals surface area contributed by atoms with Crippen LogP contribution in [0.25, 0.3) is 0 Å². The average molecular weight is 306 g/mol. The quantitative estimate of drug-likeness (QED) is 0.588. The smallest absolute Gasteiger partial charge is 0.325 e. The van der Waals surface area contributed by atoms with Crippen LogP contribution in [0.3, 0.4) is 0 Å². The van der Waals surface area contributed by atoms with Crippen LogP contribution in [0.1, 0.15) is 11.1 Å². The van der Waals surface area contributed by atoms with Gasteiger partial charge in [0.15, 0.2) is 0 Å². The number of aryl methyl sites for hydroxylation is 2. The molecule has 1 aliphatic rings. The Morgan fingerprint density at radius 2 is 1.68 bits per heavy atom. The Morgan fingerprint density at radius 1 is 1.09 bits per heavy atom. The monoisotopic (exact) mass is 306 g/mol. The molecular weight excluding hydrogens is 280 g/mol. The van der Waals surface area contributed by atoms with Gasteiger partial charge in [-0.1, -0.05) is 18.2 Å². The third-order valence-corrected chi connectivity index (χ3v) is 4.05. The Morgan fingerprint density at radius 3 is 2.27 bits per heavy atom. The number of methoxy groups -OCH3 is 1. The van der Waals surface area contributed by atoms with Gasteiger partial charge in [0.05, 0.1) is 13.2 Å². The van der Waals surface area contributed by atoms with Gasteiger partial charge in [0.2, 0.25) is 0 Å². The number of rotatable bonds is 6. The summed E-state index contributed by atoms with van der Waals surface area (Å²) < 4.78 is 10.7. The Labute approximate surface area is 132 Å². The van der Waals surface area contributed by atoms with Crippen molar-refractivity contribution in [3.05, 3.63) is 29.3 Å². The van der Waals surface area contributed by atoms with E-state index in [4.69, 9.17) is 9.47 Å². The number of hydrogen-bond acceptors (Lipinski definition) is 5. The van der Waals surface area contributed by atoms with Gasteiger partial charge in [-0.05, 0) is 25.0 Å². The fourth-order valence-corrected chi connectivity index (χ4v) is 2.68. The molecule has 0 unspecified atom stereocenters. The van der Waals surface area contributed by atoms with Crippen molar-refractivity contribution in [2.75, 3.05) is 53.0 Å². The van der Waals surface area contributed by atoms with Crippen LogP contribution in [0.4, 0.5) is 0 Å². The summed E-state index contributed by atoms with van der Waals surface area (Å²) in [4.78, 5) is 16.7. The van der Waals surface area contributed by atoms with Gasteiger partial charge in [0.25, 0.3) is 0 Å². The highest BCUT2D eigenvalue weighted by Crippen LogP contribution is 2.22. The Bertz CT molecular complexity index is 476. The SMILES string of the molecule is COCCN1CCN(CC(=O)Oc2c(C)cccc2C)CC1. The topological polar surface area (TPSA) is 42.0 Å². The minimum atomic E-state index is -0.178. The zero-order chi connectivity index (χ0) is 15.9. The van der Waals surface area contributed by atoms with Gasteiger partial charge >= 0.3 is 5.97 Å². The molecule has 1 aromatic carbocycles. The van der Waals surface area contributed by atoms with Crippen molar-refractivity contribution in [3.8, 4) is 5.75 Å². The minimum Gasteiger partial charge on any atom is -0.425 e. The second-order valence-corrected chi connectivity index (χ2v) is 5.81. The normalized spacial score (nSPS) is 16.7. The zero-order valence-electron chi connectivity index (χ0n) is 13.8. The third kappa shape index (κ3) is 4.80. The number of nitrogens with zero attached hydrogens (tertiary/aromatic N) is 2. The van der Waals surface area contributed by atoms with E-state index in [0.29, 0.717) is 12.3 Å². The largest absolute Gasteiger partial charge is 0.425 e. The van der Waals surface area contributed by atoms with Crippen LogP contribution in [0, 0.1) is 13.8 Å². The molecule has 2 rings (SSSR count). The first-order valence-corrected chi connectivity index (χ1v) is 7.80. The summed E-state index contributed by atoms with van der Waals surface area (Å²) in [5, 5.41) is 0. The number of para-hydroxylation sites is 1. The van der Waals surface area contributed by atoms with Crippen molar-refractivity contribution in [2.45, 2.75) is 13.8 Å². The number of piperazine rings is 1. The fourth-order valence-electron chi connectivity index (χ4n) is 2.68. The lowest BCUT2D eigenvalue weighted by Crippen LogP contribution is -2.49. The van der Waals surface area contributed by atoms with Crippen LogP contribution in [0.15, 0.2) is 18.2 Å². The molecule has 0 aromatic heterocycles. The molecule has 1 aromatic rings. The first-order chi connectivity index (χ1) is 10.6. The molecule has 0 N–H and O–H groups in total. The van der Waals surface area contributed by atoms with Crippen LogP contribution >= 0.6 is 0 Å². The molecule has 1 fully saturated rings. The summed E-state index contributed by atoms with van der Waals surface area (Å²) >= 11 is 0. The van der Waals surface area contributed by atoms with Crippen LogP contribution in [0.5, 0.6) is 5.75 Å². The van der Waals surface area contributed by atoms with Gasteiger partial charge in [0.1, 0.15) is 5.75 Å². The van der Waals surface area contributed by atoms with Crippen LogP contribution in [-0.4, -0.2) is 68.8 Å². The molecular formula is C17H26N2O3. The number of ether oxygens (including phenoxy) is 2. The van der Waals surface area contributed by atoms with Gasteiger partial charge in [-0.25, -0.2) is 0 Å². The molecule has 0 bridgehead atoms. The highest BCUT2D eigenvalue weighted by Gasteiger charge is 2.20. The number of hydrogen-bond donors (Lipinski definition) is 0. The Kier molecular flexibility index (Phi) is 6.36. The van der Waals surface area contributed by atoms with Crippen molar-refractivity contribution >= 4 is 5.97 Å². The van der Waals surface area contributed by atoms with Gasteiger partial charge in [0, 0.05) is 39.8 Å². The molecule has 0 saturated carbocycles. The van der Waals surface area contributed by atoms with Crippen LogP contribution < -0.4 is 4.74 Å². The highest BCUT2D eigenvalue weighted by atomic mass is 16.5. The van der Waals surface area contributed by atoms with E-state index < -0.39 is 0 Å². The van der Waals surface area contributed by atoms with Crippen molar-refractivity contribution in [1.29, 1.82) is 0 Å². The zero-order valence-corrected chi connectivity index (χ0v) is 13.8. The summed E-state index contributed by atoms with van der Waals surface area (Å²) in [6.45, 7) is 9.73. The maximum atomic E-state index is 12.1. The minimum absolute atomic E-state index is 0.178. The van der Waals surface area contributed by atoms with E-state index in [1.54, 1.807) is 7.11 Å². The lowest BCUT2D eigenvalue weighted by Gasteiger charge is -2.33. The molecule has 1 saturated heterocycles. The van der Waals surface area contributed by atoms with Crippen molar-refractivity contribution in [2.24, 2.45) is 0 Å². The Hall–Kier alpha value is -1.43. The maximum Gasteiger partial charge on any atom is 0.325 e. The second kappa shape index (κ2) is 8.27. The molecule has 0 amide bonds. The number of esters is 1. The molecule has 122 valence electrons. The van der Waals surface area contributed by atoms with Crippen molar-refractivity contribution in [3.63, 3.8) is 0 Å². The van der Waals surface area contributed by atoms with E-state index in [9.17, 15) is 4.79 Å². The molecule has 1 heterocycles. The molecule has 0 radical (unpaired) electrons. The summed E-state index contributed by atoms with van der Waals surface area (Å²) in [5.74, 6) is 0.522. The third-order valence-electron chi connectivity index (χ3n) is 4.05. The summed E-state index contributed by atoms with van der Waals surface area (Å²) in [6.07, 6.45) is 0. The predicted octanol–water partition coefficient (Wildman–Crippen LogP) is 1.47. The van der Waals surface area contributed by atoms with Gasteiger partial charge in [-0.15, -0.1) is 0 Å². The van der Waals surface area contributed by atoms with Gasteiger partial charge in [-0.2, -0.15) is 0 Å². The standard InChI is InChI=1S/C17H26N2O3/c1-14-5-4-6-15(2)17(14)22-16(20)13-19-9-7-18(8-10-19)11-12-21-3/h4-6H,7-13H2,1-3H3. The van der Waals surface area contributed by atoms with Gasteiger partial charge < -0.3 is 9.47 Å². The molecule has 5 heteroatoms. The summed E-state index contributed by atoms with van der Waals surface area (Å²) in [6, 6.07) is 5.90. The molecule has 0 atom stereocenters. The van der Waals surface area contributed by atoms with E-state index >= 15 is 0 Å².